The van der Waals surface area contributed by atoms with Gasteiger partial charge >= 0.3 is 5.91 Å². The average molecular weight is 537 g/mol. The second kappa shape index (κ2) is 12.1. The Morgan fingerprint density at radius 3 is 2.23 bits per heavy atom. The number of amides is 3. The highest BCUT2D eigenvalue weighted by molar-refractivity contribution is 6.07. The molecule has 1 aliphatic rings. The van der Waals surface area contributed by atoms with E-state index < -0.39 is 11.8 Å². The van der Waals surface area contributed by atoms with Crippen LogP contribution in [0.3, 0.4) is 0 Å². The van der Waals surface area contributed by atoms with E-state index in [0.717, 1.165) is 17.5 Å². The van der Waals surface area contributed by atoms with Gasteiger partial charge < -0.3 is 9.15 Å². The number of nitrogens with one attached hydrogen (secondary N) is 3. The molecule has 1 aliphatic carbocycles. The molecule has 4 aromatic rings. The van der Waals surface area contributed by atoms with Gasteiger partial charge in [0.25, 0.3) is 11.8 Å². The highest BCUT2D eigenvalue weighted by Crippen LogP contribution is 2.30. The summed E-state index contributed by atoms with van der Waals surface area (Å²) in [7, 11) is 0. The van der Waals surface area contributed by atoms with Crippen molar-refractivity contribution in [3.63, 3.8) is 0 Å². The van der Waals surface area contributed by atoms with Crippen LogP contribution in [0, 0.1) is 6.92 Å². The number of hydrazine groups is 1. The average Bonchev–Trinajstić information content (AvgIpc) is 3.35. The molecular formula is C31H28N4O5. The van der Waals surface area contributed by atoms with Gasteiger partial charge in [0, 0.05) is 23.1 Å². The Morgan fingerprint density at radius 2 is 1.50 bits per heavy atom. The van der Waals surface area contributed by atoms with Crippen molar-refractivity contribution in [3.8, 4) is 16.9 Å². The van der Waals surface area contributed by atoms with Crippen LogP contribution in [-0.4, -0.2) is 30.0 Å². The number of furan rings is 1. The Labute approximate surface area is 231 Å². The number of rotatable bonds is 7. The molecule has 0 saturated carbocycles. The zero-order chi connectivity index (χ0) is 27.9. The van der Waals surface area contributed by atoms with Crippen LogP contribution in [0.4, 0.5) is 0 Å². The lowest BCUT2D eigenvalue weighted by Gasteiger charge is -2.13. The summed E-state index contributed by atoms with van der Waals surface area (Å²) in [6.45, 7) is 1.49. The van der Waals surface area contributed by atoms with Crippen LogP contribution in [0.25, 0.3) is 11.1 Å². The van der Waals surface area contributed by atoms with Gasteiger partial charge in [-0.1, -0.05) is 60.7 Å². The molecule has 9 heteroatoms. The normalized spacial score (nSPS) is 13.3. The number of fused-ring (bicyclic) bond motifs is 1. The molecule has 5 rings (SSSR count). The maximum atomic E-state index is 12.8. The standard InChI is InChI=1S/C31H28N4O5/c1-20-28-25(32-34-30(37)23-17-15-22(16-18-23)21-9-4-2-5-10-21)13-8-14-26(28)40-29(20)31(38)35-33-27(36)19-39-24-11-6-3-7-12-24/h2-7,9-12,15-18H,8,13-14,19H2,1H3,(H,33,36)(H,34,37)(H,35,38). The van der Waals surface area contributed by atoms with E-state index in [0.29, 0.717) is 46.8 Å². The van der Waals surface area contributed by atoms with Crippen LogP contribution in [-0.2, 0) is 11.2 Å². The van der Waals surface area contributed by atoms with E-state index in [1.165, 1.54) is 0 Å². The molecule has 1 heterocycles. The van der Waals surface area contributed by atoms with E-state index in [1.54, 1.807) is 43.3 Å². The van der Waals surface area contributed by atoms with Crippen molar-refractivity contribution >= 4 is 23.4 Å². The smallest absolute Gasteiger partial charge is 0.305 e. The summed E-state index contributed by atoms with van der Waals surface area (Å²) in [6, 6.07) is 26.1. The minimum absolute atomic E-state index is 0.0757. The van der Waals surface area contributed by atoms with Gasteiger partial charge in [-0.05, 0) is 55.2 Å². The van der Waals surface area contributed by atoms with Gasteiger partial charge in [0.15, 0.2) is 12.4 Å². The maximum absolute atomic E-state index is 12.8. The van der Waals surface area contributed by atoms with Gasteiger partial charge in [-0.15, -0.1) is 0 Å². The van der Waals surface area contributed by atoms with E-state index in [-0.39, 0.29) is 18.3 Å². The molecule has 202 valence electrons. The van der Waals surface area contributed by atoms with Crippen LogP contribution < -0.4 is 21.0 Å². The van der Waals surface area contributed by atoms with Crippen LogP contribution in [0.2, 0.25) is 0 Å². The molecular weight excluding hydrogens is 508 g/mol. The number of hydrogen-bond donors (Lipinski definition) is 3. The highest BCUT2D eigenvalue weighted by atomic mass is 16.5. The molecule has 3 amide bonds. The van der Waals surface area contributed by atoms with Crippen molar-refractivity contribution in [3.05, 3.63) is 113 Å². The minimum atomic E-state index is -0.596. The van der Waals surface area contributed by atoms with Gasteiger partial charge in [-0.3, -0.25) is 25.2 Å². The van der Waals surface area contributed by atoms with Crippen molar-refractivity contribution in [2.75, 3.05) is 6.61 Å². The third kappa shape index (κ3) is 6.10. The molecule has 1 aromatic heterocycles. The first kappa shape index (κ1) is 26.4. The SMILES string of the molecule is Cc1c(C(=O)NNC(=O)COc2ccccc2)oc2c1C(=NNC(=O)c1ccc(-c3ccccc3)cc1)CCC2. The Kier molecular flexibility index (Phi) is 8.01. The fraction of sp³-hybridized carbons (Fsp3) is 0.161. The predicted molar refractivity (Wildman–Crippen MR) is 150 cm³/mol. The quantitative estimate of drug-likeness (QED) is 0.299. The van der Waals surface area contributed by atoms with E-state index in [1.807, 2.05) is 48.5 Å². The van der Waals surface area contributed by atoms with E-state index in [4.69, 9.17) is 9.15 Å². The number of para-hydroxylation sites is 1. The van der Waals surface area contributed by atoms with Gasteiger partial charge in [0.1, 0.15) is 11.5 Å². The summed E-state index contributed by atoms with van der Waals surface area (Å²) < 4.78 is 11.2. The zero-order valence-electron chi connectivity index (χ0n) is 21.9. The van der Waals surface area contributed by atoms with Crippen molar-refractivity contribution in [1.82, 2.24) is 16.3 Å². The van der Waals surface area contributed by atoms with Crippen molar-refractivity contribution in [2.24, 2.45) is 5.10 Å². The first-order chi connectivity index (χ1) is 19.5. The molecule has 3 N–H and O–H groups in total. The molecule has 9 nitrogen and oxygen atoms in total. The van der Waals surface area contributed by atoms with Crippen molar-refractivity contribution in [2.45, 2.75) is 26.2 Å². The fourth-order valence-corrected chi connectivity index (χ4v) is 4.51. The molecule has 0 radical (unpaired) electrons. The second-order valence-corrected chi connectivity index (χ2v) is 9.25. The summed E-state index contributed by atoms with van der Waals surface area (Å²) >= 11 is 0. The van der Waals surface area contributed by atoms with Crippen LogP contribution in [0.1, 0.15) is 50.6 Å². The second-order valence-electron chi connectivity index (χ2n) is 9.25. The van der Waals surface area contributed by atoms with E-state index in [2.05, 4.69) is 21.4 Å². The fourth-order valence-electron chi connectivity index (χ4n) is 4.51. The summed E-state index contributed by atoms with van der Waals surface area (Å²) in [4.78, 5) is 37.7. The number of benzene rings is 3. The number of hydrazone groups is 1. The molecule has 0 bridgehead atoms. The van der Waals surface area contributed by atoms with Crippen molar-refractivity contribution in [1.29, 1.82) is 0 Å². The van der Waals surface area contributed by atoms with E-state index in [9.17, 15) is 14.4 Å². The molecule has 0 atom stereocenters. The zero-order valence-corrected chi connectivity index (χ0v) is 21.9. The van der Waals surface area contributed by atoms with Gasteiger partial charge in [0.05, 0.1) is 5.71 Å². The molecule has 40 heavy (non-hydrogen) atoms. The Morgan fingerprint density at radius 1 is 0.825 bits per heavy atom. The summed E-state index contributed by atoms with van der Waals surface area (Å²) in [5.74, 6) is -0.213. The third-order valence-electron chi connectivity index (χ3n) is 6.51. The van der Waals surface area contributed by atoms with Crippen LogP contribution in [0.15, 0.2) is 94.4 Å². The molecule has 0 unspecified atom stereocenters. The molecule has 0 fully saturated rings. The van der Waals surface area contributed by atoms with Gasteiger partial charge in [0.2, 0.25) is 0 Å². The lowest BCUT2D eigenvalue weighted by Crippen LogP contribution is -2.43. The molecule has 0 aliphatic heterocycles. The largest absolute Gasteiger partial charge is 0.484 e. The Bertz CT molecular complexity index is 1540. The van der Waals surface area contributed by atoms with E-state index >= 15 is 0 Å². The lowest BCUT2D eigenvalue weighted by atomic mass is 9.93. The minimum Gasteiger partial charge on any atom is -0.484 e. The van der Waals surface area contributed by atoms with Gasteiger partial charge in [-0.2, -0.15) is 5.10 Å². The molecule has 0 spiro atoms. The number of hydrogen-bond acceptors (Lipinski definition) is 6. The number of carbonyl (C=O) groups excluding carboxylic acids is 3. The third-order valence-corrected chi connectivity index (χ3v) is 6.51. The first-order valence-electron chi connectivity index (χ1n) is 12.9. The number of carbonyl (C=O) groups is 3. The molecule has 0 saturated heterocycles. The lowest BCUT2D eigenvalue weighted by molar-refractivity contribution is -0.123. The highest BCUT2D eigenvalue weighted by Gasteiger charge is 2.28. The van der Waals surface area contributed by atoms with Crippen LogP contribution >= 0.6 is 0 Å². The predicted octanol–water partition coefficient (Wildman–Crippen LogP) is 4.57. The number of nitrogens with zero attached hydrogens (tertiary/aromatic N) is 1. The number of ether oxygens (including phenoxy) is 1. The summed E-state index contributed by atoms with van der Waals surface area (Å²) in [6.07, 6.45) is 2.01. The van der Waals surface area contributed by atoms with Crippen LogP contribution in [0.5, 0.6) is 5.75 Å². The first-order valence-corrected chi connectivity index (χ1v) is 12.9. The maximum Gasteiger partial charge on any atom is 0.305 e. The summed E-state index contributed by atoms with van der Waals surface area (Å²) in [5.41, 5.74) is 11.8. The monoisotopic (exact) mass is 536 g/mol. The summed E-state index contributed by atoms with van der Waals surface area (Å²) in [5, 5.41) is 4.38. The van der Waals surface area contributed by atoms with Gasteiger partial charge in [-0.25, -0.2) is 5.43 Å². The number of aryl methyl sites for hydroxylation is 1. The van der Waals surface area contributed by atoms with Crippen molar-refractivity contribution < 1.29 is 23.5 Å². The topological polar surface area (TPSA) is 122 Å². The Balaban J connectivity index is 1.21. The Hall–Kier alpha value is -5.18. The molecule has 3 aromatic carbocycles.